The first-order valence-electron chi connectivity index (χ1n) is 9.92. The van der Waals surface area contributed by atoms with E-state index in [2.05, 4.69) is 20.4 Å². The minimum absolute atomic E-state index is 0.0163. The van der Waals surface area contributed by atoms with Crippen molar-refractivity contribution in [2.75, 3.05) is 24.8 Å². The lowest BCUT2D eigenvalue weighted by molar-refractivity contribution is 0.0932. The topological polar surface area (TPSA) is 79.5 Å². The van der Waals surface area contributed by atoms with E-state index in [0.717, 1.165) is 36.5 Å². The van der Waals surface area contributed by atoms with Crippen LogP contribution < -0.4 is 19.7 Å². The van der Waals surface area contributed by atoms with Gasteiger partial charge in [0.15, 0.2) is 17.3 Å². The number of aromatic amines is 1. The normalized spacial score (nSPS) is 17.8. The Balaban J connectivity index is 1.25. The van der Waals surface area contributed by atoms with Gasteiger partial charge in [-0.05, 0) is 60.9 Å². The Morgan fingerprint density at radius 2 is 1.97 bits per heavy atom. The summed E-state index contributed by atoms with van der Waals surface area (Å²) in [6.45, 7) is 1.72. The minimum Gasteiger partial charge on any atom is -0.454 e. The zero-order chi connectivity index (χ0) is 20.5. The van der Waals surface area contributed by atoms with Crippen molar-refractivity contribution in [3.05, 3.63) is 59.9 Å². The number of hydrogen-bond donors (Lipinski definition) is 2. The van der Waals surface area contributed by atoms with Gasteiger partial charge in [0, 0.05) is 30.8 Å². The van der Waals surface area contributed by atoms with Gasteiger partial charge in [-0.2, -0.15) is 5.10 Å². The van der Waals surface area contributed by atoms with Crippen LogP contribution in [0.3, 0.4) is 0 Å². The Bertz CT molecular complexity index is 1070. The third kappa shape index (κ3) is 3.68. The van der Waals surface area contributed by atoms with Crippen LogP contribution in [0.1, 0.15) is 23.2 Å². The molecule has 5 rings (SSSR count). The highest BCUT2D eigenvalue weighted by atomic mass is 19.1. The molecule has 8 heteroatoms. The molecule has 1 aromatic heterocycles. The predicted octanol–water partition coefficient (Wildman–Crippen LogP) is 3.34. The molecule has 30 heavy (non-hydrogen) atoms. The molecule has 2 aliphatic rings. The minimum atomic E-state index is -0.268. The first kappa shape index (κ1) is 18.5. The van der Waals surface area contributed by atoms with Crippen molar-refractivity contribution in [2.45, 2.75) is 18.9 Å². The smallest absolute Gasteiger partial charge is 0.251 e. The highest BCUT2D eigenvalue weighted by Gasteiger charge is 2.24. The Hall–Kier alpha value is -3.55. The molecule has 1 saturated heterocycles. The van der Waals surface area contributed by atoms with Crippen LogP contribution >= 0.6 is 0 Å². The maximum atomic E-state index is 13.2. The van der Waals surface area contributed by atoms with Gasteiger partial charge in [0.25, 0.3) is 5.91 Å². The second kappa shape index (κ2) is 7.70. The third-order valence-electron chi connectivity index (χ3n) is 5.43. The van der Waals surface area contributed by atoms with Gasteiger partial charge in [-0.15, -0.1) is 0 Å². The number of carbonyl (C=O) groups excluding carboxylic acids is 1. The number of halogens is 1. The maximum absolute atomic E-state index is 13.2. The summed E-state index contributed by atoms with van der Waals surface area (Å²) < 4.78 is 23.8. The van der Waals surface area contributed by atoms with Crippen LogP contribution in [0.2, 0.25) is 0 Å². The molecule has 1 atom stereocenters. The Kier molecular flexibility index (Phi) is 4.74. The van der Waals surface area contributed by atoms with E-state index in [0.29, 0.717) is 23.6 Å². The van der Waals surface area contributed by atoms with E-state index in [1.807, 2.05) is 6.07 Å². The van der Waals surface area contributed by atoms with Crippen LogP contribution in [0.4, 0.5) is 10.2 Å². The summed E-state index contributed by atoms with van der Waals surface area (Å²) in [5.74, 6) is 1.67. The Morgan fingerprint density at radius 1 is 1.13 bits per heavy atom. The molecule has 2 N–H and O–H groups in total. The molecule has 2 aliphatic heterocycles. The van der Waals surface area contributed by atoms with Crippen LogP contribution in [-0.4, -0.2) is 42.0 Å². The molecule has 0 saturated carbocycles. The van der Waals surface area contributed by atoms with E-state index >= 15 is 0 Å². The number of carbonyl (C=O) groups is 1. The van der Waals surface area contributed by atoms with Gasteiger partial charge >= 0.3 is 0 Å². The van der Waals surface area contributed by atoms with E-state index in [1.54, 1.807) is 30.3 Å². The number of H-pyrrole nitrogens is 1. The van der Waals surface area contributed by atoms with Gasteiger partial charge in [0.1, 0.15) is 5.82 Å². The van der Waals surface area contributed by atoms with E-state index in [4.69, 9.17) is 9.47 Å². The fourth-order valence-electron chi connectivity index (χ4n) is 3.86. The molecule has 1 amide bonds. The summed E-state index contributed by atoms with van der Waals surface area (Å²) in [4.78, 5) is 14.8. The van der Waals surface area contributed by atoms with Gasteiger partial charge in [0.05, 0.1) is 5.69 Å². The largest absolute Gasteiger partial charge is 0.454 e. The standard InChI is InChI=1S/C22H21FN4O3/c23-16-6-3-14(4-7-16)18-11-21(26-25-18)27-9-1-2-17(12-27)24-22(28)15-5-8-19-20(10-15)30-13-29-19/h3-8,10-11,17H,1-2,9,12-13H2,(H,24,28)(H,25,26)/t17-/m0/s1. The number of aromatic nitrogens is 2. The molecule has 3 heterocycles. The molecule has 7 nitrogen and oxygen atoms in total. The zero-order valence-electron chi connectivity index (χ0n) is 16.2. The van der Waals surface area contributed by atoms with Gasteiger partial charge in [0.2, 0.25) is 6.79 Å². The molecule has 0 spiro atoms. The summed E-state index contributed by atoms with van der Waals surface area (Å²) in [5, 5.41) is 10.5. The van der Waals surface area contributed by atoms with Crippen LogP contribution in [-0.2, 0) is 0 Å². The summed E-state index contributed by atoms with van der Waals surface area (Å²) in [7, 11) is 0. The number of benzene rings is 2. The molecule has 0 unspecified atom stereocenters. The van der Waals surface area contributed by atoms with Crippen molar-refractivity contribution in [3.8, 4) is 22.8 Å². The summed E-state index contributed by atoms with van der Waals surface area (Å²) in [6.07, 6.45) is 1.85. The quantitative estimate of drug-likeness (QED) is 0.692. The van der Waals surface area contributed by atoms with E-state index < -0.39 is 0 Å². The lowest BCUT2D eigenvalue weighted by atomic mass is 10.0. The average molecular weight is 408 g/mol. The van der Waals surface area contributed by atoms with Crippen molar-refractivity contribution in [1.82, 2.24) is 15.5 Å². The first-order valence-corrected chi connectivity index (χ1v) is 9.92. The molecule has 0 bridgehead atoms. The molecule has 0 aliphatic carbocycles. The number of ether oxygens (including phenoxy) is 2. The van der Waals surface area contributed by atoms with E-state index in [-0.39, 0.29) is 24.6 Å². The molecular weight excluding hydrogens is 387 g/mol. The van der Waals surface area contributed by atoms with Gasteiger partial charge < -0.3 is 19.7 Å². The fraction of sp³-hybridized carbons (Fsp3) is 0.273. The van der Waals surface area contributed by atoms with Crippen LogP contribution in [0.25, 0.3) is 11.3 Å². The highest BCUT2D eigenvalue weighted by molar-refractivity contribution is 5.95. The van der Waals surface area contributed by atoms with Crippen molar-refractivity contribution in [2.24, 2.45) is 0 Å². The number of rotatable bonds is 4. The van der Waals surface area contributed by atoms with Crippen LogP contribution in [0, 0.1) is 5.82 Å². The molecule has 154 valence electrons. The van der Waals surface area contributed by atoms with Crippen molar-refractivity contribution < 1.29 is 18.7 Å². The number of nitrogens with one attached hydrogen (secondary N) is 2. The van der Waals surface area contributed by atoms with Crippen LogP contribution in [0.5, 0.6) is 11.5 Å². The zero-order valence-corrected chi connectivity index (χ0v) is 16.2. The highest BCUT2D eigenvalue weighted by Crippen LogP contribution is 2.32. The first-order chi connectivity index (χ1) is 14.7. The lowest BCUT2D eigenvalue weighted by Gasteiger charge is -2.33. The monoisotopic (exact) mass is 408 g/mol. The summed E-state index contributed by atoms with van der Waals surface area (Å²) in [6, 6.07) is 13.5. The fourth-order valence-corrected chi connectivity index (χ4v) is 3.86. The molecule has 1 fully saturated rings. The number of anilines is 1. The number of fused-ring (bicyclic) bond motifs is 1. The van der Waals surface area contributed by atoms with Crippen molar-refractivity contribution in [1.29, 1.82) is 0 Å². The SMILES string of the molecule is O=C(N[C@H]1CCCN(c2cc(-c3ccc(F)cc3)[nH]n2)C1)c1ccc2c(c1)OCO2. The molecule has 0 radical (unpaired) electrons. The van der Waals surface area contributed by atoms with Crippen molar-refractivity contribution >= 4 is 11.7 Å². The van der Waals surface area contributed by atoms with E-state index in [9.17, 15) is 9.18 Å². The van der Waals surface area contributed by atoms with Gasteiger partial charge in [-0.25, -0.2) is 4.39 Å². The predicted molar refractivity (Wildman–Crippen MR) is 109 cm³/mol. The Labute approximate surface area is 172 Å². The Morgan fingerprint density at radius 3 is 2.83 bits per heavy atom. The van der Waals surface area contributed by atoms with Gasteiger partial charge in [-0.3, -0.25) is 9.89 Å². The number of amides is 1. The molecular formula is C22H21FN4O3. The summed E-state index contributed by atoms with van der Waals surface area (Å²) >= 11 is 0. The third-order valence-corrected chi connectivity index (χ3v) is 5.43. The molecule has 3 aromatic rings. The van der Waals surface area contributed by atoms with Gasteiger partial charge in [-0.1, -0.05) is 0 Å². The van der Waals surface area contributed by atoms with E-state index in [1.165, 1.54) is 12.1 Å². The molecule has 2 aromatic carbocycles. The average Bonchev–Trinajstić information content (AvgIpc) is 3.44. The number of nitrogens with zero attached hydrogens (tertiary/aromatic N) is 2. The lowest BCUT2D eigenvalue weighted by Crippen LogP contribution is -2.48. The number of hydrogen-bond acceptors (Lipinski definition) is 5. The van der Waals surface area contributed by atoms with Crippen molar-refractivity contribution in [3.63, 3.8) is 0 Å². The second-order valence-corrected chi connectivity index (χ2v) is 7.47. The summed E-state index contributed by atoms with van der Waals surface area (Å²) in [5.41, 5.74) is 2.26. The maximum Gasteiger partial charge on any atom is 0.251 e. The van der Waals surface area contributed by atoms with Crippen LogP contribution in [0.15, 0.2) is 48.5 Å². The number of piperidine rings is 1. The second-order valence-electron chi connectivity index (χ2n) is 7.47.